The van der Waals surface area contributed by atoms with Crippen LogP contribution >= 0.6 is 23.5 Å². The van der Waals surface area contributed by atoms with E-state index in [1.807, 2.05) is 32.0 Å². The van der Waals surface area contributed by atoms with Gasteiger partial charge in [0, 0.05) is 4.90 Å². The first-order chi connectivity index (χ1) is 12.7. The van der Waals surface area contributed by atoms with Gasteiger partial charge in [-0.25, -0.2) is 4.99 Å². The minimum atomic E-state index is -4.32. The predicted octanol–water partition coefficient (Wildman–Crippen LogP) is 5.81. The topological polar surface area (TPSA) is 41.5 Å². The van der Waals surface area contributed by atoms with Crippen LogP contribution in [0.4, 0.5) is 18.9 Å². The smallest absolute Gasteiger partial charge is 0.300 e. The number of nitrogens with zero attached hydrogens (tertiary/aromatic N) is 1. The predicted molar refractivity (Wildman–Crippen MR) is 105 cm³/mol. The van der Waals surface area contributed by atoms with Gasteiger partial charge in [-0.05, 0) is 72.3 Å². The second kappa shape index (κ2) is 7.82. The molecule has 0 saturated carbocycles. The number of amides is 1. The van der Waals surface area contributed by atoms with Crippen LogP contribution in [0.5, 0.6) is 0 Å². The van der Waals surface area contributed by atoms with Gasteiger partial charge in [-0.15, -0.1) is 0 Å². The van der Waals surface area contributed by atoms with E-state index in [0.29, 0.717) is 15.6 Å². The summed E-state index contributed by atoms with van der Waals surface area (Å²) in [6.07, 6.45) is 1.63. The summed E-state index contributed by atoms with van der Waals surface area (Å²) in [6.45, 7) is 3.90. The van der Waals surface area contributed by atoms with Crippen LogP contribution in [0.1, 0.15) is 16.7 Å². The molecule has 1 heterocycles. The Bertz CT molecular complexity index is 915. The molecule has 3 rings (SSSR count). The average Bonchev–Trinajstić information content (AvgIpc) is 2.91. The molecule has 27 heavy (non-hydrogen) atoms. The maximum atomic E-state index is 12.4. The highest BCUT2D eigenvalue weighted by atomic mass is 32.2. The highest BCUT2D eigenvalue weighted by Gasteiger charge is 2.29. The van der Waals surface area contributed by atoms with Gasteiger partial charge in [-0.3, -0.25) is 4.79 Å². The number of thioether (sulfide) groups is 2. The minimum absolute atomic E-state index is 0.102. The van der Waals surface area contributed by atoms with Gasteiger partial charge in [0.1, 0.15) is 0 Å². The molecular weight excluding hydrogens is 393 g/mol. The molecular formula is C19H15F3N2OS2. The van der Waals surface area contributed by atoms with E-state index in [1.165, 1.54) is 23.9 Å². The summed E-state index contributed by atoms with van der Waals surface area (Å²) in [5, 5.41) is 3.20. The van der Waals surface area contributed by atoms with Crippen molar-refractivity contribution in [1.82, 2.24) is 5.32 Å². The van der Waals surface area contributed by atoms with Crippen molar-refractivity contribution >= 4 is 46.4 Å². The normalized spacial score (nSPS) is 17.6. The standard InChI is InChI=1S/C19H15F3N2OS2/c1-11-4-3-5-12(2)16(11)23-18-24-17(25)15(26-18)10-13-6-8-14(9-7-13)27-19(20,21)22/h3-10H,1-2H3,(H,23,24,25)/b15-10+. The van der Waals surface area contributed by atoms with Crippen molar-refractivity contribution in [3.63, 3.8) is 0 Å². The summed E-state index contributed by atoms with van der Waals surface area (Å²) in [7, 11) is 0. The monoisotopic (exact) mass is 408 g/mol. The number of carbonyl (C=O) groups is 1. The molecule has 2 aromatic rings. The Balaban J connectivity index is 1.78. The van der Waals surface area contributed by atoms with Crippen LogP contribution in [0.2, 0.25) is 0 Å². The number of hydrogen-bond acceptors (Lipinski definition) is 4. The van der Waals surface area contributed by atoms with Crippen molar-refractivity contribution in [2.45, 2.75) is 24.3 Å². The Hall–Kier alpha value is -2.19. The number of aryl methyl sites for hydroxylation is 2. The van der Waals surface area contributed by atoms with E-state index in [0.717, 1.165) is 16.8 Å². The van der Waals surface area contributed by atoms with Gasteiger partial charge >= 0.3 is 5.51 Å². The number of benzene rings is 2. The summed E-state index contributed by atoms with van der Waals surface area (Å²) >= 11 is 1.04. The third-order valence-corrected chi connectivity index (χ3v) is 5.36. The van der Waals surface area contributed by atoms with E-state index in [4.69, 9.17) is 0 Å². The minimum Gasteiger partial charge on any atom is -0.300 e. The maximum Gasteiger partial charge on any atom is 0.446 e. The third kappa shape index (κ3) is 5.17. The zero-order valence-corrected chi connectivity index (χ0v) is 16.1. The Morgan fingerprint density at radius 2 is 1.70 bits per heavy atom. The number of nitrogens with one attached hydrogen (secondary N) is 1. The lowest BCUT2D eigenvalue weighted by Gasteiger charge is -2.05. The van der Waals surface area contributed by atoms with Gasteiger partial charge in [0.05, 0.1) is 10.6 Å². The molecule has 2 aromatic carbocycles. The SMILES string of the molecule is Cc1cccc(C)c1N=C1NC(=O)/C(=C\c2ccc(SC(F)(F)F)cc2)S1. The Morgan fingerprint density at radius 1 is 1.07 bits per heavy atom. The molecule has 0 unspecified atom stereocenters. The van der Waals surface area contributed by atoms with Crippen LogP contribution in [0.15, 0.2) is 57.3 Å². The summed E-state index contributed by atoms with van der Waals surface area (Å²) in [4.78, 5) is 17.2. The number of rotatable bonds is 3. The van der Waals surface area contributed by atoms with Crippen LogP contribution in [0, 0.1) is 13.8 Å². The Kier molecular flexibility index (Phi) is 5.67. The van der Waals surface area contributed by atoms with Gasteiger partial charge in [0.2, 0.25) is 0 Å². The molecule has 0 atom stereocenters. The number of amidine groups is 1. The molecule has 1 fully saturated rings. The van der Waals surface area contributed by atoms with Crippen molar-refractivity contribution in [1.29, 1.82) is 0 Å². The summed E-state index contributed by atoms with van der Waals surface area (Å²) in [5.74, 6) is -0.279. The second-order valence-electron chi connectivity index (χ2n) is 5.84. The first-order valence-corrected chi connectivity index (χ1v) is 9.56. The zero-order chi connectivity index (χ0) is 19.6. The van der Waals surface area contributed by atoms with Crippen molar-refractivity contribution in [3.05, 3.63) is 64.1 Å². The third-order valence-electron chi connectivity index (χ3n) is 3.72. The van der Waals surface area contributed by atoms with Crippen LogP contribution in [0.25, 0.3) is 6.08 Å². The first kappa shape index (κ1) is 19.6. The summed E-state index contributed by atoms with van der Waals surface area (Å²) in [5.41, 5.74) is -0.845. The number of alkyl halides is 3. The van der Waals surface area contributed by atoms with Gasteiger partial charge in [0.25, 0.3) is 5.91 Å². The maximum absolute atomic E-state index is 12.4. The lowest BCUT2D eigenvalue weighted by atomic mass is 10.1. The van der Waals surface area contributed by atoms with Crippen molar-refractivity contribution in [2.24, 2.45) is 4.99 Å². The molecule has 3 nitrogen and oxygen atoms in total. The molecule has 0 aliphatic carbocycles. The van der Waals surface area contributed by atoms with Crippen LogP contribution in [-0.4, -0.2) is 16.6 Å². The second-order valence-corrected chi connectivity index (χ2v) is 8.01. The molecule has 0 radical (unpaired) electrons. The highest BCUT2D eigenvalue weighted by Crippen LogP contribution is 2.37. The molecule has 1 aliphatic rings. The summed E-state index contributed by atoms with van der Waals surface area (Å²) < 4.78 is 37.1. The Labute approximate surface area is 163 Å². The van der Waals surface area contributed by atoms with Crippen LogP contribution in [-0.2, 0) is 4.79 Å². The van der Waals surface area contributed by atoms with Crippen molar-refractivity contribution < 1.29 is 18.0 Å². The van der Waals surface area contributed by atoms with Gasteiger partial charge in [-0.1, -0.05) is 30.3 Å². The molecule has 1 saturated heterocycles. The van der Waals surface area contributed by atoms with E-state index in [9.17, 15) is 18.0 Å². The number of halogens is 3. The first-order valence-electron chi connectivity index (χ1n) is 7.93. The quantitative estimate of drug-likeness (QED) is 0.515. The van der Waals surface area contributed by atoms with Crippen LogP contribution < -0.4 is 5.32 Å². The number of hydrogen-bond donors (Lipinski definition) is 1. The fourth-order valence-electron chi connectivity index (χ4n) is 2.48. The van der Waals surface area contributed by atoms with E-state index >= 15 is 0 Å². The lowest BCUT2D eigenvalue weighted by Crippen LogP contribution is -2.19. The van der Waals surface area contributed by atoms with Crippen molar-refractivity contribution in [3.8, 4) is 0 Å². The van der Waals surface area contributed by atoms with E-state index in [1.54, 1.807) is 18.2 Å². The van der Waals surface area contributed by atoms with Gasteiger partial charge in [0.15, 0.2) is 5.17 Å². The van der Waals surface area contributed by atoms with Gasteiger partial charge in [-0.2, -0.15) is 13.2 Å². The highest BCUT2D eigenvalue weighted by molar-refractivity contribution is 8.18. The average molecular weight is 408 g/mol. The van der Waals surface area contributed by atoms with E-state index in [2.05, 4.69) is 10.3 Å². The molecule has 1 amide bonds. The van der Waals surface area contributed by atoms with Crippen LogP contribution in [0.3, 0.4) is 0 Å². The molecule has 8 heteroatoms. The fourth-order valence-corrected chi connectivity index (χ4v) is 3.85. The zero-order valence-electron chi connectivity index (χ0n) is 14.4. The lowest BCUT2D eigenvalue weighted by molar-refractivity contribution is -0.115. The molecule has 1 N–H and O–H groups in total. The fraction of sp³-hybridized carbons (Fsp3) is 0.158. The molecule has 0 aromatic heterocycles. The number of para-hydroxylation sites is 1. The van der Waals surface area contributed by atoms with Crippen molar-refractivity contribution in [2.75, 3.05) is 0 Å². The van der Waals surface area contributed by atoms with E-state index in [-0.39, 0.29) is 22.6 Å². The molecule has 0 bridgehead atoms. The molecule has 1 aliphatic heterocycles. The Morgan fingerprint density at radius 3 is 2.30 bits per heavy atom. The molecule has 0 spiro atoms. The van der Waals surface area contributed by atoms with E-state index < -0.39 is 5.51 Å². The largest absolute Gasteiger partial charge is 0.446 e. The summed E-state index contributed by atoms with van der Waals surface area (Å²) in [6, 6.07) is 11.7. The molecule has 140 valence electrons. The number of carbonyl (C=O) groups excluding carboxylic acids is 1. The number of aliphatic imine (C=N–C) groups is 1. The van der Waals surface area contributed by atoms with Gasteiger partial charge < -0.3 is 5.32 Å².